The van der Waals surface area contributed by atoms with Crippen LogP contribution in [-0.4, -0.2) is 50.3 Å². The van der Waals surface area contributed by atoms with Gasteiger partial charge in [0, 0.05) is 18.0 Å². The summed E-state index contributed by atoms with van der Waals surface area (Å²) in [4.78, 5) is 17.0. The maximum atomic E-state index is 13.7. The van der Waals surface area contributed by atoms with Crippen LogP contribution < -0.4 is 4.74 Å². The van der Waals surface area contributed by atoms with Crippen LogP contribution in [-0.2, 0) is 21.2 Å². The number of fused-ring (bicyclic) bond motifs is 1. The van der Waals surface area contributed by atoms with Crippen molar-refractivity contribution in [2.45, 2.75) is 37.1 Å². The van der Waals surface area contributed by atoms with E-state index < -0.39 is 10.0 Å². The number of carbonyl (C=O) groups is 1. The molecule has 0 N–H and O–H groups in total. The molecule has 2 heterocycles. The summed E-state index contributed by atoms with van der Waals surface area (Å²) in [6.45, 7) is 2.70. The van der Waals surface area contributed by atoms with Gasteiger partial charge in [0.05, 0.1) is 24.6 Å². The third kappa shape index (κ3) is 5.04. The Kier molecular flexibility index (Phi) is 7.70. The van der Waals surface area contributed by atoms with Crippen molar-refractivity contribution in [3.05, 3.63) is 82.0 Å². The van der Waals surface area contributed by atoms with Crippen molar-refractivity contribution in [3.8, 4) is 5.75 Å². The van der Waals surface area contributed by atoms with Gasteiger partial charge >= 0.3 is 0 Å². The second-order valence-corrected chi connectivity index (χ2v) is 11.3. The molecule has 3 aromatic rings. The number of hydrogen-bond donors (Lipinski definition) is 0. The first-order valence-corrected chi connectivity index (χ1v) is 13.8. The van der Waals surface area contributed by atoms with Gasteiger partial charge in [-0.2, -0.15) is 4.31 Å². The lowest BCUT2D eigenvalue weighted by Crippen LogP contribution is -2.47. The van der Waals surface area contributed by atoms with Gasteiger partial charge in [0.1, 0.15) is 5.75 Å². The SMILES string of the molecule is CCCCN(CC(=O)N1CCc2sccc2C1c1ccc(OC)cc1)S(=O)(=O)c1ccccc1. The van der Waals surface area contributed by atoms with E-state index in [4.69, 9.17) is 4.74 Å². The number of hydrogen-bond acceptors (Lipinski definition) is 5. The molecule has 4 rings (SSSR count). The molecule has 2 aromatic carbocycles. The van der Waals surface area contributed by atoms with Crippen molar-refractivity contribution in [3.63, 3.8) is 0 Å². The summed E-state index contributed by atoms with van der Waals surface area (Å²) in [7, 11) is -2.15. The molecule has 0 saturated carbocycles. The van der Waals surface area contributed by atoms with Gasteiger partial charge in [-0.05, 0) is 59.7 Å². The molecule has 6 nitrogen and oxygen atoms in total. The number of sulfonamides is 1. The van der Waals surface area contributed by atoms with E-state index in [1.165, 1.54) is 9.18 Å². The van der Waals surface area contributed by atoms with Crippen LogP contribution in [0.25, 0.3) is 0 Å². The average Bonchev–Trinajstić information content (AvgIpc) is 3.35. The van der Waals surface area contributed by atoms with Crippen LogP contribution in [0.2, 0.25) is 0 Å². The fourth-order valence-corrected chi connectivity index (χ4v) is 6.69. The second kappa shape index (κ2) is 10.7. The van der Waals surface area contributed by atoms with Crippen LogP contribution >= 0.6 is 11.3 Å². The molecule has 8 heteroatoms. The number of ether oxygens (including phenoxy) is 1. The predicted molar refractivity (Wildman–Crippen MR) is 135 cm³/mol. The van der Waals surface area contributed by atoms with E-state index in [2.05, 4.69) is 11.4 Å². The van der Waals surface area contributed by atoms with Gasteiger partial charge in [0.2, 0.25) is 15.9 Å². The molecule has 34 heavy (non-hydrogen) atoms. The molecule has 1 amide bonds. The maximum absolute atomic E-state index is 13.7. The van der Waals surface area contributed by atoms with Gasteiger partial charge in [-0.25, -0.2) is 8.42 Å². The monoisotopic (exact) mass is 498 g/mol. The molecule has 180 valence electrons. The summed E-state index contributed by atoms with van der Waals surface area (Å²) < 4.78 is 33.4. The van der Waals surface area contributed by atoms with Gasteiger partial charge in [-0.1, -0.05) is 43.7 Å². The largest absolute Gasteiger partial charge is 0.497 e. The summed E-state index contributed by atoms with van der Waals surface area (Å²) in [5, 5.41) is 2.06. The van der Waals surface area contributed by atoms with Crippen LogP contribution in [0.1, 0.15) is 41.8 Å². The van der Waals surface area contributed by atoms with Crippen molar-refractivity contribution in [2.75, 3.05) is 26.7 Å². The number of carbonyl (C=O) groups excluding carboxylic acids is 1. The molecule has 0 spiro atoms. The van der Waals surface area contributed by atoms with Gasteiger partial charge in [0.25, 0.3) is 0 Å². The van der Waals surface area contributed by atoms with E-state index >= 15 is 0 Å². The van der Waals surface area contributed by atoms with E-state index in [1.807, 2.05) is 36.1 Å². The van der Waals surface area contributed by atoms with Crippen molar-refractivity contribution >= 4 is 27.3 Å². The standard InChI is InChI=1S/C26H30N2O4S2/c1-3-4-16-27(34(30,31)22-8-6-5-7-9-22)19-25(29)28-17-14-24-23(15-18-33-24)26(28)20-10-12-21(32-2)13-11-20/h5-13,15,18,26H,3-4,14,16-17,19H2,1-2H3. The minimum atomic E-state index is -3.78. The molecule has 0 saturated heterocycles. The molecule has 0 aliphatic carbocycles. The first-order chi connectivity index (χ1) is 16.5. The van der Waals surface area contributed by atoms with Crippen LogP contribution in [0.15, 0.2) is 70.9 Å². The third-order valence-corrected chi connectivity index (χ3v) is 9.03. The molecule has 1 aliphatic heterocycles. The summed E-state index contributed by atoms with van der Waals surface area (Å²) in [6, 6.07) is 17.9. The minimum Gasteiger partial charge on any atom is -0.497 e. The van der Waals surface area contributed by atoms with E-state index in [0.29, 0.717) is 19.5 Å². The number of rotatable bonds is 9. The molecule has 1 aliphatic rings. The number of thiophene rings is 1. The Balaban J connectivity index is 1.64. The fourth-order valence-electron chi connectivity index (χ4n) is 4.33. The smallest absolute Gasteiger partial charge is 0.243 e. The predicted octanol–water partition coefficient (Wildman–Crippen LogP) is 4.72. The normalized spacial score (nSPS) is 15.9. The zero-order chi connectivity index (χ0) is 24.1. The summed E-state index contributed by atoms with van der Waals surface area (Å²) in [5.41, 5.74) is 2.10. The van der Waals surface area contributed by atoms with Crippen molar-refractivity contribution in [2.24, 2.45) is 0 Å². The van der Waals surface area contributed by atoms with E-state index in [0.717, 1.165) is 29.7 Å². The van der Waals surface area contributed by atoms with Gasteiger partial charge in [0.15, 0.2) is 0 Å². The second-order valence-electron chi connectivity index (χ2n) is 8.32. The summed E-state index contributed by atoms with van der Waals surface area (Å²) in [5.74, 6) is 0.566. The topological polar surface area (TPSA) is 66.9 Å². The molecule has 0 bridgehead atoms. The van der Waals surface area contributed by atoms with E-state index in [-0.39, 0.29) is 23.4 Å². The summed E-state index contributed by atoms with van der Waals surface area (Å²) >= 11 is 1.70. The highest BCUT2D eigenvalue weighted by atomic mass is 32.2. The first kappa shape index (κ1) is 24.4. The van der Waals surface area contributed by atoms with Crippen LogP contribution in [0, 0.1) is 0 Å². The molecular weight excluding hydrogens is 468 g/mol. The zero-order valence-electron chi connectivity index (χ0n) is 19.5. The minimum absolute atomic E-state index is 0.177. The van der Waals surface area contributed by atoms with Crippen molar-refractivity contribution in [1.29, 1.82) is 0 Å². The molecule has 1 atom stereocenters. The molecule has 0 fully saturated rings. The Morgan fingerprint density at radius 1 is 1.12 bits per heavy atom. The van der Waals surface area contributed by atoms with E-state index in [1.54, 1.807) is 48.8 Å². The number of methoxy groups -OCH3 is 1. The molecular formula is C26H30N2O4S2. The summed E-state index contributed by atoms with van der Waals surface area (Å²) in [6.07, 6.45) is 2.30. The molecule has 1 aromatic heterocycles. The molecule has 1 unspecified atom stereocenters. The Hall–Kier alpha value is -2.68. The maximum Gasteiger partial charge on any atom is 0.243 e. The molecule has 0 radical (unpaired) electrons. The quantitative estimate of drug-likeness (QED) is 0.428. The lowest BCUT2D eigenvalue weighted by atomic mass is 9.93. The van der Waals surface area contributed by atoms with E-state index in [9.17, 15) is 13.2 Å². The Bertz CT molecular complexity index is 1210. The highest BCUT2D eigenvalue weighted by Crippen LogP contribution is 2.38. The average molecular weight is 499 g/mol. The van der Waals surface area contributed by atoms with Crippen LogP contribution in [0.3, 0.4) is 0 Å². The van der Waals surface area contributed by atoms with Crippen LogP contribution in [0.4, 0.5) is 0 Å². The Morgan fingerprint density at radius 3 is 2.53 bits per heavy atom. The fraction of sp³-hybridized carbons (Fsp3) is 0.346. The highest BCUT2D eigenvalue weighted by Gasteiger charge is 2.35. The number of unbranched alkanes of at least 4 members (excludes halogenated alkanes) is 1. The Labute approximate surface area is 205 Å². The van der Waals surface area contributed by atoms with Crippen molar-refractivity contribution in [1.82, 2.24) is 9.21 Å². The highest BCUT2D eigenvalue weighted by molar-refractivity contribution is 7.89. The first-order valence-electron chi connectivity index (χ1n) is 11.5. The lowest BCUT2D eigenvalue weighted by Gasteiger charge is -2.37. The van der Waals surface area contributed by atoms with Gasteiger partial charge < -0.3 is 9.64 Å². The van der Waals surface area contributed by atoms with Crippen molar-refractivity contribution < 1.29 is 17.9 Å². The number of amides is 1. The lowest BCUT2D eigenvalue weighted by molar-refractivity contribution is -0.133. The number of nitrogens with zero attached hydrogens (tertiary/aromatic N) is 2. The Morgan fingerprint density at radius 2 is 1.85 bits per heavy atom. The van der Waals surface area contributed by atoms with Gasteiger partial charge in [-0.15, -0.1) is 11.3 Å². The van der Waals surface area contributed by atoms with Crippen LogP contribution in [0.5, 0.6) is 5.75 Å². The zero-order valence-corrected chi connectivity index (χ0v) is 21.1. The number of benzene rings is 2. The third-order valence-electron chi connectivity index (χ3n) is 6.17. The van der Waals surface area contributed by atoms with Gasteiger partial charge in [-0.3, -0.25) is 4.79 Å².